The van der Waals surface area contributed by atoms with Crippen molar-refractivity contribution < 1.29 is 4.79 Å². The molecule has 0 aliphatic carbocycles. The van der Waals surface area contributed by atoms with Gasteiger partial charge in [-0.15, -0.1) is 24.8 Å². The fourth-order valence-electron chi connectivity index (χ4n) is 2.54. The van der Waals surface area contributed by atoms with E-state index >= 15 is 0 Å². The largest absolute Gasteiger partial charge is 0.343 e. The van der Waals surface area contributed by atoms with Gasteiger partial charge in [-0.1, -0.05) is 6.92 Å². The molecule has 1 saturated heterocycles. The van der Waals surface area contributed by atoms with Gasteiger partial charge in [-0.3, -0.25) is 9.48 Å². The van der Waals surface area contributed by atoms with Gasteiger partial charge in [0.1, 0.15) is 0 Å². The summed E-state index contributed by atoms with van der Waals surface area (Å²) in [5.74, 6) is 0.993. The first-order valence-electron chi connectivity index (χ1n) is 7.25. The standard InChI is InChI=1S/C14H24N4O.2ClH/c1-2-15-12-13-4-9-17(10-5-13)14(19)6-11-18-8-3-7-16-18;;/h3,7-8,13,15H,2,4-6,9-12H2,1H3;2*1H. The molecule has 0 atom stereocenters. The third-order valence-corrected chi connectivity index (χ3v) is 3.76. The zero-order valence-corrected chi connectivity index (χ0v) is 14.2. The van der Waals surface area contributed by atoms with Crippen LogP contribution in [-0.2, 0) is 11.3 Å². The van der Waals surface area contributed by atoms with Gasteiger partial charge in [0.05, 0.1) is 0 Å². The first-order chi connectivity index (χ1) is 9.29. The van der Waals surface area contributed by atoms with E-state index in [1.54, 1.807) is 6.20 Å². The SMILES string of the molecule is CCNCC1CCN(C(=O)CCn2cccn2)CC1.Cl.Cl. The van der Waals surface area contributed by atoms with Gasteiger partial charge in [-0.05, 0) is 37.9 Å². The summed E-state index contributed by atoms with van der Waals surface area (Å²) < 4.78 is 1.82. The number of nitrogens with zero attached hydrogens (tertiary/aromatic N) is 3. The Hall–Kier alpha value is -0.780. The summed E-state index contributed by atoms with van der Waals surface area (Å²) in [6.07, 6.45) is 6.45. The van der Waals surface area contributed by atoms with E-state index in [4.69, 9.17) is 0 Å². The molecule has 21 heavy (non-hydrogen) atoms. The number of nitrogens with one attached hydrogen (secondary N) is 1. The molecule has 2 rings (SSSR count). The summed E-state index contributed by atoms with van der Waals surface area (Å²) in [4.78, 5) is 14.1. The Morgan fingerprint density at radius 3 is 2.62 bits per heavy atom. The lowest BCUT2D eigenvalue weighted by Crippen LogP contribution is -2.41. The number of aromatic nitrogens is 2. The van der Waals surface area contributed by atoms with Gasteiger partial charge >= 0.3 is 0 Å². The molecule has 0 unspecified atom stereocenters. The summed E-state index contributed by atoms with van der Waals surface area (Å²) in [7, 11) is 0. The number of hydrogen-bond acceptors (Lipinski definition) is 3. The van der Waals surface area contributed by atoms with Crippen LogP contribution in [0.4, 0.5) is 0 Å². The van der Waals surface area contributed by atoms with Crippen molar-refractivity contribution in [3.8, 4) is 0 Å². The van der Waals surface area contributed by atoms with Crippen LogP contribution in [0.15, 0.2) is 18.5 Å². The lowest BCUT2D eigenvalue weighted by Gasteiger charge is -2.32. The number of likely N-dealkylation sites (tertiary alicyclic amines) is 1. The van der Waals surface area contributed by atoms with E-state index in [0.717, 1.165) is 44.9 Å². The predicted octanol–water partition coefficient (Wildman–Crippen LogP) is 1.96. The summed E-state index contributed by atoms with van der Waals surface area (Å²) in [5.41, 5.74) is 0. The van der Waals surface area contributed by atoms with Crippen LogP contribution < -0.4 is 5.32 Å². The number of hydrogen-bond donors (Lipinski definition) is 1. The van der Waals surface area contributed by atoms with Gasteiger partial charge in [0.25, 0.3) is 0 Å². The molecule has 1 aliphatic heterocycles. The minimum absolute atomic E-state index is 0. The number of piperidine rings is 1. The minimum Gasteiger partial charge on any atom is -0.343 e. The van der Waals surface area contributed by atoms with Crippen LogP contribution in [-0.4, -0.2) is 46.8 Å². The fourth-order valence-corrected chi connectivity index (χ4v) is 2.54. The fraction of sp³-hybridized carbons (Fsp3) is 0.714. The van der Waals surface area contributed by atoms with Crippen LogP contribution in [0, 0.1) is 5.92 Å². The van der Waals surface area contributed by atoms with Crippen LogP contribution in [0.5, 0.6) is 0 Å². The van der Waals surface area contributed by atoms with Crippen molar-refractivity contribution in [1.82, 2.24) is 20.0 Å². The number of carbonyl (C=O) groups excluding carboxylic acids is 1. The molecule has 1 aromatic heterocycles. The Morgan fingerprint density at radius 2 is 2.05 bits per heavy atom. The summed E-state index contributed by atoms with van der Waals surface area (Å²) >= 11 is 0. The van der Waals surface area contributed by atoms with Gasteiger partial charge in [-0.25, -0.2) is 0 Å². The molecule has 1 aromatic rings. The molecule has 2 heterocycles. The van der Waals surface area contributed by atoms with Gasteiger partial charge in [0.15, 0.2) is 0 Å². The molecular formula is C14H26Cl2N4O. The van der Waals surface area contributed by atoms with E-state index in [1.165, 1.54) is 0 Å². The summed E-state index contributed by atoms with van der Waals surface area (Å²) in [6.45, 7) is 6.76. The second-order valence-corrected chi connectivity index (χ2v) is 5.15. The topological polar surface area (TPSA) is 50.2 Å². The highest BCUT2D eigenvalue weighted by Crippen LogP contribution is 2.17. The number of rotatable bonds is 6. The van der Waals surface area contributed by atoms with Crippen molar-refractivity contribution in [2.45, 2.75) is 32.7 Å². The van der Waals surface area contributed by atoms with E-state index in [1.807, 2.05) is 21.8 Å². The molecule has 0 bridgehead atoms. The number of aryl methyl sites for hydroxylation is 1. The van der Waals surface area contributed by atoms with Crippen LogP contribution in [0.2, 0.25) is 0 Å². The molecule has 1 aliphatic rings. The van der Waals surface area contributed by atoms with E-state index in [2.05, 4.69) is 17.3 Å². The van der Waals surface area contributed by atoms with Crippen LogP contribution in [0.25, 0.3) is 0 Å². The second kappa shape index (κ2) is 10.9. The maximum absolute atomic E-state index is 12.1. The Balaban J connectivity index is 0.00000200. The molecule has 0 spiro atoms. The van der Waals surface area contributed by atoms with Crippen LogP contribution in [0.1, 0.15) is 26.2 Å². The van der Waals surface area contributed by atoms with Crippen molar-refractivity contribution in [2.75, 3.05) is 26.2 Å². The van der Waals surface area contributed by atoms with Crippen molar-refractivity contribution in [3.63, 3.8) is 0 Å². The molecule has 7 heteroatoms. The molecular weight excluding hydrogens is 311 g/mol. The maximum atomic E-state index is 12.1. The van der Waals surface area contributed by atoms with E-state index in [0.29, 0.717) is 13.0 Å². The zero-order chi connectivity index (χ0) is 13.5. The number of amides is 1. The quantitative estimate of drug-likeness (QED) is 0.863. The molecule has 1 fully saturated rings. The summed E-state index contributed by atoms with van der Waals surface area (Å²) in [6, 6.07) is 1.89. The van der Waals surface area contributed by atoms with Crippen molar-refractivity contribution in [3.05, 3.63) is 18.5 Å². The summed E-state index contributed by atoms with van der Waals surface area (Å²) in [5, 5.41) is 7.51. The van der Waals surface area contributed by atoms with E-state index in [9.17, 15) is 4.79 Å². The minimum atomic E-state index is 0. The van der Waals surface area contributed by atoms with E-state index < -0.39 is 0 Å². The smallest absolute Gasteiger partial charge is 0.224 e. The van der Waals surface area contributed by atoms with Gasteiger partial charge in [-0.2, -0.15) is 5.10 Å². The first kappa shape index (κ1) is 20.2. The Kier molecular flexibility index (Phi) is 10.5. The molecule has 1 amide bonds. The third-order valence-electron chi connectivity index (χ3n) is 3.76. The lowest BCUT2D eigenvalue weighted by molar-refractivity contribution is -0.132. The molecule has 0 saturated carbocycles. The molecule has 1 N–H and O–H groups in total. The average molecular weight is 337 g/mol. The van der Waals surface area contributed by atoms with Crippen molar-refractivity contribution in [2.24, 2.45) is 5.92 Å². The number of halogens is 2. The Labute approximate surface area is 139 Å². The van der Waals surface area contributed by atoms with Crippen molar-refractivity contribution in [1.29, 1.82) is 0 Å². The highest BCUT2D eigenvalue weighted by atomic mass is 35.5. The van der Waals surface area contributed by atoms with Crippen LogP contribution in [0.3, 0.4) is 0 Å². The lowest BCUT2D eigenvalue weighted by atomic mass is 9.96. The second-order valence-electron chi connectivity index (χ2n) is 5.15. The van der Waals surface area contributed by atoms with E-state index in [-0.39, 0.29) is 30.7 Å². The van der Waals surface area contributed by atoms with Gasteiger partial charge in [0, 0.05) is 38.4 Å². The van der Waals surface area contributed by atoms with Gasteiger partial charge in [0.2, 0.25) is 5.91 Å². The van der Waals surface area contributed by atoms with Gasteiger partial charge < -0.3 is 10.2 Å². The Bertz CT molecular complexity index is 378. The molecule has 0 radical (unpaired) electrons. The van der Waals surface area contributed by atoms with Crippen LogP contribution >= 0.6 is 24.8 Å². The molecule has 0 aromatic carbocycles. The normalized spacial score (nSPS) is 15.2. The molecule has 122 valence electrons. The average Bonchev–Trinajstić information content (AvgIpc) is 2.96. The highest BCUT2D eigenvalue weighted by molar-refractivity contribution is 5.85. The zero-order valence-electron chi connectivity index (χ0n) is 12.5. The van der Waals surface area contributed by atoms with Crippen molar-refractivity contribution >= 4 is 30.7 Å². The first-order valence-corrected chi connectivity index (χ1v) is 7.25. The predicted molar refractivity (Wildman–Crippen MR) is 89.2 cm³/mol. The highest BCUT2D eigenvalue weighted by Gasteiger charge is 2.22. The third kappa shape index (κ3) is 6.68. The molecule has 5 nitrogen and oxygen atoms in total. The Morgan fingerprint density at radius 1 is 1.33 bits per heavy atom. The monoisotopic (exact) mass is 336 g/mol. The number of carbonyl (C=O) groups is 1. The maximum Gasteiger partial charge on any atom is 0.224 e.